The van der Waals surface area contributed by atoms with Gasteiger partial charge in [0.25, 0.3) is 0 Å². The van der Waals surface area contributed by atoms with E-state index in [-0.39, 0.29) is 24.7 Å². The van der Waals surface area contributed by atoms with Crippen LogP contribution in [0.2, 0.25) is 0 Å². The zero-order chi connectivity index (χ0) is 22.0. The molecule has 0 spiro atoms. The van der Waals surface area contributed by atoms with Crippen LogP contribution in [0.5, 0.6) is 0 Å². The highest BCUT2D eigenvalue weighted by Gasteiger charge is 2.55. The van der Waals surface area contributed by atoms with Gasteiger partial charge in [0.05, 0.1) is 12.1 Å². The van der Waals surface area contributed by atoms with Crippen molar-refractivity contribution in [2.24, 2.45) is 0 Å². The summed E-state index contributed by atoms with van der Waals surface area (Å²) in [6, 6.07) is -0.161. The highest BCUT2D eigenvalue weighted by molar-refractivity contribution is 5.87. The number of aliphatic hydroxyl groups is 2. The van der Waals surface area contributed by atoms with Crippen LogP contribution < -0.4 is 0 Å². The smallest absolute Gasteiger partial charge is 0.344 e. The summed E-state index contributed by atoms with van der Waals surface area (Å²) >= 11 is 0. The summed E-state index contributed by atoms with van der Waals surface area (Å²) in [5.74, 6) is -1.32. The molecule has 2 aliphatic rings. The summed E-state index contributed by atoms with van der Waals surface area (Å²) in [5, 5.41) is 21.2. The van der Waals surface area contributed by atoms with Gasteiger partial charge < -0.3 is 24.4 Å². The Bertz CT molecular complexity index is 694. The second kappa shape index (κ2) is 8.95. The number of fused-ring (bicyclic) bond motifs is 1. The zero-order valence-corrected chi connectivity index (χ0v) is 18.1. The fraction of sp³-hybridized carbons (Fsp3) is 0.714. The van der Waals surface area contributed by atoms with E-state index in [9.17, 15) is 19.8 Å². The lowest BCUT2D eigenvalue weighted by molar-refractivity contribution is -0.216. The predicted octanol–water partition coefficient (Wildman–Crippen LogP) is 0.959. The molecule has 0 aromatic carbocycles. The maximum absolute atomic E-state index is 12.7. The van der Waals surface area contributed by atoms with Gasteiger partial charge >= 0.3 is 11.9 Å². The molecule has 164 valence electrons. The van der Waals surface area contributed by atoms with Gasteiger partial charge in [0.1, 0.15) is 18.3 Å². The molecule has 29 heavy (non-hydrogen) atoms. The Labute approximate surface area is 172 Å². The Morgan fingerprint density at radius 2 is 2.03 bits per heavy atom. The molecule has 0 unspecified atom stereocenters. The molecule has 1 fully saturated rings. The predicted molar refractivity (Wildman–Crippen MR) is 106 cm³/mol. The van der Waals surface area contributed by atoms with Crippen LogP contribution in [0.25, 0.3) is 0 Å². The van der Waals surface area contributed by atoms with E-state index in [0.717, 1.165) is 12.1 Å². The molecule has 0 aromatic rings. The van der Waals surface area contributed by atoms with Crippen LogP contribution in [0.4, 0.5) is 0 Å². The normalized spacial score (nSPS) is 25.8. The molecule has 2 N–H and O–H groups in total. The summed E-state index contributed by atoms with van der Waals surface area (Å²) in [4.78, 5) is 27.0. The summed E-state index contributed by atoms with van der Waals surface area (Å²) < 4.78 is 16.1. The van der Waals surface area contributed by atoms with E-state index in [4.69, 9.17) is 14.2 Å². The number of nitrogens with zero attached hydrogens (tertiary/aromatic N) is 1. The van der Waals surface area contributed by atoms with Crippen LogP contribution in [0, 0.1) is 0 Å². The molecule has 1 saturated heterocycles. The Morgan fingerprint density at radius 3 is 2.59 bits per heavy atom. The van der Waals surface area contributed by atoms with Gasteiger partial charge in [-0.1, -0.05) is 12.2 Å². The van der Waals surface area contributed by atoms with E-state index in [1.54, 1.807) is 19.9 Å². The lowest BCUT2D eigenvalue weighted by Gasteiger charge is -2.40. The third kappa shape index (κ3) is 4.55. The van der Waals surface area contributed by atoms with Crippen molar-refractivity contribution in [1.29, 1.82) is 0 Å². The van der Waals surface area contributed by atoms with E-state index in [1.807, 2.05) is 6.08 Å². The number of allylic oxidation sites excluding steroid dienone is 1. The van der Waals surface area contributed by atoms with E-state index in [0.29, 0.717) is 18.5 Å². The summed E-state index contributed by atoms with van der Waals surface area (Å²) in [7, 11) is 1.34. The molecular formula is C21H33NO7. The van der Waals surface area contributed by atoms with Crippen LogP contribution in [0.3, 0.4) is 0 Å². The number of hydrogen-bond acceptors (Lipinski definition) is 8. The van der Waals surface area contributed by atoms with Crippen molar-refractivity contribution >= 4 is 11.9 Å². The van der Waals surface area contributed by atoms with Gasteiger partial charge in [0.15, 0.2) is 0 Å². The largest absolute Gasteiger partial charge is 0.459 e. The molecule has 8 nitrogen and oxygen atoms in total. The Morgan fingerprint density at radius 1 is 1.38 bits per heavy atom. The second-order valence-corrected chi connectivity index (χ2v) is 8.20. The maximum Gasteiger partial charge on any atom is 0.344 e. The Balaban J connectivity index is 2.08. The quantitative estimate of drug-likeness (QED) is 0.346. The molecular weight excluding hydrogens is 378 g/mol. The van der Waals surface area contributed by atoms with Crippen molar-refractivity contribution in [3.8, 4) is 0 Å². The van der Waals surface area contributed by atoms with Crippen LogP contribution >= 0.6 is 0 Å². The number of methoxy groups -OCH3 is 1. The van der Waals surface area contributed by atoms with E-state index >= 15 is 0 Å². The number of carbonyl (C=O) groups is 2. The van der Waals surface area contributed by atoms with Crippen molar-refractivity contribution in [2.75, 3.05) is 26.8 Å². The molecule has 0 radical (unpaired) electrons. The molecule has 2 heterocycles. The minimum atomic E-state index is -2.23. The first-order chi connectivity index (χ1) is 13.5. The number of esters is 2. The van der Waals surface area contributed by atoms with Gasteiger partial charge in [-0.2, -0.15) is 0 Å². The molecule has 2 rings (SSSR count). The first-order valence-corrected chi connectivity index (χ1v) is 9.89. The molecule has 0 aliphatic carbocycles. The Kier molecular flexibility index (Phi) is 7.27. The molecule has 0 bridgehead atoms. The highest BCUT2D eigenvalue weighted by Crippen LogP contribution is 2.33. The molecule has 8 heteroatoms. The lowest BCUT2D eigenvalue weighted by atomic mass is 9.81. The summed E-state index contributed by atoms with van der Waals surface area (Å²) in [5.41, 5.74) is -2.65. The lowest BCUT2D eigenvalue weighted by Crippen LogP contribution is -2.63. The first-order valence-electron chi connectivity index (χ1n) is 9.89. The second-order valence-electron chi connectivity index (χ2n) is 8.20. The average molecular weight is 411 g/mol. The molecule has 0 saturated carbocycles. The van der Waals surface area contributed by atoms with Crippen LogP contribution in [0.1, 0.15) is 41.0 Å². The van der Waals surface area contributed by atoms with Crippen molar-refractivity contribution in [3.05, 3.63) is 23.3 Å². The molecule has 0 amide bonds. The van der Waals surface area contributed by atoms with Crippen LogP contribution in [-0.4, -0.2) is 83.3 Å². The van der Waals surface area contributed by atoms with Gasteiger partial charge in [0.2, 0.25) is 5.60 Å². The van der Waals surface area contributed by atoms with Gasteiger partial charge in [-0.05, 0) is 46.6 Å². The number of carbonyl (C=O) groups excluding carboxylic acids is 2. The fourth-order valence-corrected chi connectivity index (χ4v) is 3.82. The summed E-state index contributed by atoms with van der Waals surface area (Å²) in [6.07, 6.45) is 3.05. The van der Waals surface area contributed by atoms with Crippen LogP contribution in [-0.2, 0) is 23.8 Å². The molecule has 0 aromatic heterocycles. The number of ether oxygens (including phenoxy) is 3. The first kappa shape index (κ1) is 23.5. The Hall–Kier alpha value is -1.74. The SMILES string of the molecule is C/C=C(\C)C(=O)O[C@@H]1CCN2CC=C(COC(=O)[C@@](O)([C@@H](C)OC)C(C)(C)O)[C@H]12. The van der Waals surface area contributed by atoms with Crippen molar-refractivity contribution in [1.82, 2.24) is 4.90 Å². The van der Waals surface area contributed by atoms with E-state index < -0.39 is 23.3 Å². The van der Waals surface area contributed by atoms with E-state index in [1.165, 1.54) is 27.9 Å². The summed E-state index contributed by atoms with van der Waals surface area (Å²) in [6.45, 7) is 9.03. The fourth-order valence-electron chi connectivity index (χ4n) is 3.82. The third-order valence-corrected chi connectivity index (χ3v) is 5.98. The van der Waals surface area contributed by atoms with Crippen molar-refractivity contribution < 1.29 is 34.0 Å². The minimum Gasteiger partial charge on any atom is -0.459 e. The highest BCUT2D eigenvalue weighted by atomic mass is 16.6. The third-order valence-electron chi connectivity index (χ3n) is 5.98. The van der Waals surface area contributed by atoms with Gasteiger partial charge in [-0.3, -0.25) is 4.90 Å². The average Bonchev–Trinajstić information content (AvgIpc) is 3.26. The van der Waals surface area contributed by atoms with Crippen molar-refractivity contribution in [3.63, 3.8) is 0 Å². The van der Waals surface area contributed by atoms with Gasteiger partial charge in [-0.25, -0.2) is 9.59 Å². The van der Waals surface area contributed by atoms with Gasteiger partial charge in [-0.15, -0.1) is 0 Å². The minimum absolute atomic E-state index is 0.0640. The molecule has 2 aliphatic heterocycles. The van der Waals surface area contributed by atoms with Crippen LogP contribution in [0.15, 0.2) is 23.3 Å². The zero-order valence-electron chi connectivity index (χ0n) is 18.1. The van der Waals surface area contributed by atoms with Crippen molar-refractivity contribution in [2.45, 2.75) is 70.5 Å². The number of rotatable bonds is 8. The molecule has 4 atom stereocenters. The van der Waals surface area contributed by atoms with E-state index in [2.05, 4.69) is 4.90 Å². The number of hydrogen-bond donors (Lipinski definition) is 2. The maximum atomic E-state index is 12.7. The standard InChI is InChI=1S/C21H33NO7/c1-7-13(2)18(23)29-16-9-11-22-10-8-15(17(16)22)12-28-19(24)21(26,14(3)27-6)20(4,5)25/h7-8,14,16-17,25-26H,9-12H2,1-6H3/b13-7+/t14-,16-,17-,21+/m1/s1. The topological polar surface area (TPSA) is 106 Å². The monoisotopic (exact) mass is 411 g/mol. The van der Waals surface area contributed by atoms with Gasteiger partial charge in [0, 0.05) is 25.8 Å².